The van der Waals surface area contributed by atoms with Gasteiger partial charge in [-0.25, -0.2) is 0 Å². The number of esters is 3. The molecule has 6 nitrogen and oxygen atoms in total. The van der Waals surface area contributed by atoms with Gasteiger partial charge in [0.2, 0.25) is 0 Å². The molecule has 0 aromatic heterocycles. The number of hydrogen-bond donors (Lipinski definition) is 0. The van der Waals surface area contributed by atoms with Crippen molar-refractivity contribution in [3.8, 4) is 0 Å². The van der Waals surface area contributed by atoms with Crippen LogP contribution >= 0.6 is 0 Å². The third-order valence-electron chi connectivity index (χ3n) is 13.3. The van der Waals surface area contributed by atoms with E-state index in [2.05, 4.69) is 57.2 Å². The molecule has 0 rings (SSSR count). The average molecular weight is 956 g/mol. The van der Waals surface area contributed by atoms with Crippen molar-refractivity contribution in [3.05, 3.63) is 36.5 Å². The fraction of sp³-hybridized carbons (Fsp3) is 0.855. The molecule has 68 heavy (non-hydrogen) atoms. The molecule has 0 radical (unpaired) electrons. The van der Waals surface area contributed by atoms with E-state index < -0.39 is 6.10 Å². The van der Waals surface area contributed by atoms with E-state index in [0.29, 0.717) is 19.3 Å². The quantitative estimate of drug-likeness (QED) is 0.0262. The Bertz CT molecular complexity index is 1140. The zero-order chi connectivity index (χ0) is 49.3. The lowest BCUT2D eigenvalue weighted by Gasteiger charge is -2.18. The molecule has 1 atom stereocenters. The van der Waals surface area contributed by atoms with Crippen LogP contribution in [-0.2, 0) is 28.6 Å². The average Bonchev–Trinajstić information content (AvgIpc) is 3.34. The van der Waals surface area contributed by atoms with Gasteiger partial charge in [-0.2, -0.15) is 0 Å². The molecule has 0 aliphatic carbocycles. The fourth-order valence-corrected chi connectivity index (χ4v) is 8.83. The second-order valence-electron chi connectivity index (χ2n) is 20.3. The van der Waals surface area contributed by atoms with Gasteiger partial charge in [-0.3, -0.25) is 14.4 Å². The molecule has 1 unspecified atom stereocenters. The van der Waals surface area contributed by atoms with E-state index in [9.17, 15) is 14.4 Å². The van der Waals surface area contributed by atoms with E-state index in [4.69, 9.17) is 14.2 Å². The lowest BCUT2D eigenvalue weighted by atomic mass is 10.0. The lowest BCUT2D eigenvalue weighted by molar-refractivity contribution is -0.167. The molecular weight excluding hydrogens is 841 g/mol. The Morgan fingerprint density at radius 2 is 0.559 bits per heavy atom. The Labute approximate surface area is 423 Å². The van der Waals surface area contributed by atoms with Crippen molar-refractivity contribution in [2.24, 2.45) is 0 Å². The highest BCUT2D eigenvalue weighted by molar-refractivity contribution is 5.71. The highest BCUT2D eigenvalue weighted by Gasteiger charge is 2.19. The minimum atomic E-state index is -0.775. The summed E-state index contributed by atoms with van der Waals surface area (Å²) < 4.78 is 16.8. The zero-order valence-corrected chi connectivity index (χ0v) is 45.6. The van der Waals surface area contributed by atoms with Crippen LogP contribution in [0.4, 0.5) is 0 Å². The van der Waals surface area contributed by atoms with Gasteiger partial charge in [-0.15, -0.1) is 0 Å². The molecule has 0 aromatic carbocycles. The number of rotatable bonds is 55. The van der Waals surface area contributed by atoms with Crippen LogP contribution in [-0.4, -0.2) is 37.2 Å². The van der Waals surface area contributed by atoms with E-state index in [1.165, 1.54) is 193 Å². The van der Waals surface area contributed by atoms with Gasteiger partial charge in [0.15, 0.2) is 6.10 Å². The van der Waals surface area contributed by atoms with Crippen LogP contribution in [0.25, 0.3) is 0 Å². The number of ether oxygens (including phenoxy) is 3. The van der Waals surface area contributed by atoms with Crippen molar-refractivity contribution >= 4 is 17.9 Å². The van der Waals surface area contributed by atoms with Crippen LogP contribution in [0, 0.1) is 0 Å². The summed E-state index contributed by atoms with van der Waals surface area (Å²) in [5.74, 6) is -0.874. The largest absolute Gasteiger partial charge is 0.462 e. The second-order valence-corrected chi connectivity index (χ2v) is 20.3. The monoisotopic (exact) mass is 955 g/mol. The maximum Gasteiger partial charge on any atom is 0.306 e. The molecule has 0 aliphatic heterocycles. The Morgan fingerprint density at radius 3 is 0.882 bits per heavy atom. The Kier molecular flexibility index (Phi) is 55.2. The molecule has 0 fully saturated rings. The first kappa shape index (κ1) is 65.6. The maximum atomic E-state index is 12.8. The van der Waals surface area contributed by atoms with Crippen LogP contribution < -0.4 is 0 Å². The van der Waals surface area contributed by atoms with Gasteiger partial charge in [0.25, 0.3) is 0 Å². The smallest absolute Gasteiger partial charge is 0.306 e. The minimum absolute atomic E-state index is 0.0741. The van der Waals surface area contributed by atoms with E-state index >= 15 is 0 Å². The van der Waals surface area contributed by atoms with E-state index in [-0.39, 0.29) is 31.1 Å². The first-order valence-corrected chi connectivity index (χ1v) is 30.0. The summed E-state index contributed by atoms with van der Waals surface area (Å²) in [5, 5.41) is 0. The topological polar surface area (TPSA) is 78.9 Å². The Balaban J connectivity index is 4.12. The number of carbonyl (C=O) groups is 3. The first-order valence-electron chi connectivity index (χ1n) is 30.0. The summed E-state index contributed by atoms with van der Waals surface area (Å²) >= 11 is 0. The minimum Gasteiger partial charge on any atom is -0.462 e. The molecule has 398 valence electrons. The van der Waals surface area contributed by atoms with E-state index in [0.717, 1.165) is 89.9 Å². The molecule has 0 aromatic rings. The summed E-state index contributed by atoms with van der Waals surface area (Å²) in [4.78, 5) is 38.0. The lowest BCUT2D eigenvalue weighted by Crippen LogP contribution is -2.30. The second kappa shape index (κ2) is 57.2. The van der Waals surface area contributed by atoms with Gasteiger partial charge < -0.3 is 14.2 Å². The standard InChI is InChI=1S/C62H114O6/c1-4-7-10-13-16-19-22-24-25-26-27-28-29-30-31-32-33-34-35-36-37-39-40-43-46-49-52-55-61(64)67-58-59(57-66-60(63)54-51-48-45-42-21-18-15-12-9-6-3)68-62(65)56-53-50-47-44-41-38-23-20-17-14-11-8-5-2/h11,14,20,23,26-27,59H,4-10,12-13,15-19,21-22,24-25,28-58H2,1-3H3/b14-11-,23-20-,27-26-. The summed E-state index contributed by atoms with van der Waals surface area (Å²) in [7, 11) is 0. The first-order chi connectivity index (χ1) is 33.5. The number of carbonyl (C=O) groups excluding carboxylic acids is 3. The van der Waals surface area contributed by atoms with Crippen LogP contribution in [0.1, 0.15) is 323 Å². The molecule has 0 heterocycles. The van der Waals surface area contributed by atoms with Crippen molar-refractivity contribution in [1.29, 1.82) is 0 Å². The number of unbranched alkanes of at least 4 members (excludes halogenated alkanes) is 38. The maximum absolute atomic E-state index is 12.8. The molecular formula is C62H114O6. The third kappa shape index (κ3) is 54.6. The predicted octanol–water partition coefficient (Wildman–Crippen LogP) is 20.0. The van der Waals surface area contributed by atoms with Crippen molar-refractivity contribution in [3.63, 3.8) is 0 Å². The molecule has 0 saturated carbocycles. The third-order valence-corrected chi connectivity index (χ3v) is 13.3. The number of hydrogen-bond acceptors (Lipinski definition) is 6. The van der Waals surface area contributed by atoms with Gasteiger partial charge in [-0.05, 0) is 70.6 Å². The van der Waals surface area contributed by atoms with Crippen LogP contribution in [0.15, 0.2) is 36.5 Å². The Hall–Kier alpha value is -2.37. The van der Waals surface area contributed by atoms with Crippen molar-refractivity contribution < 1.29 is 28.6 Å². The van der Waals surface area contributed by atoms with Gasteiger partial charge in [-0.1, -0.05) is 269 Å². The van der Waals surface area contributed by atoms with Gasteiger partial charge in [0, 0.05) is 19.3 Å². The molecule has 6 heteroatoms. The molecule has 0 bridgehead atoms. The molecule has 0 aliphatic rings. The van der Waals surface area contributed by atoms with Crippen LogP contribution in [0.2, 0.25) is 0 Å². The highest BCUT2D eigenvalue weighted by atomic mass is 16.6. The van der Waals surface area contributed by atoms with Crippen molar-refractivity contribution in [1.82, 2.24) is 0 Å². The van der Waals surface area contributed by atoms with Crippen LogP contribution in [0.5, 0.6) is 0 Å². The summed E-state index contributed by atoms with van der Waals surface area (Å²) in [6.45, 7) is 6.59. The van der Waals surface area contributed by atoms with E-state index in [1.54, 1.807) is 0 Å². The van der Waals surface area contributed by atoms with E-state index in [1.807, 2.05) is 0 Å². The molecule has 0 saturated heterocycles. The molecule has 0 N–H and O–H groups in total. The van der Waals surface area contributed by atoms with Crippen molar-refractivity contribution in [2.45, 2.75) is 329 Å². The van der Waals surface area contributed by atoms with Gasteiger partial charge in [0.05, 0.1) is 0 Å². The summed E-state index contributed by atoms with van der Waals surface area (Å²) in [6, 6.07) is 0. The Morgan fingerprint density at radius 1 is 0.294 bits per heavy atom. The van der Waals surface area contributed by atoms with Gasteiger partial charge >= 0.3 is 17.9 Å². The number of allylic oxidation sites excluding steroid dienone is 6. The zero-order valence-electron chi connectivity index (χ0n) is 45.6. The molecule has 0 amide bonds. The molecule has 0 spiro atoms. The summed E-state index contributed by atoms with van der Waals surface area (Å²) in [6.07, 6.45) is 68.8. The SMILES string of the molecule is CCC/C=C\C/C=C\CCCCCCCC(=O)OC(COC(=O)CCCCCCCCCCCC)COC(=O)CCCCCCCCCCCCCCCCC/C=C\CCCCCCCCCC. The predicted molar refractivity (Wildman–Crippen MR) is 293 cm³/mol. The highest BCUT2D eigenvalue weighted by Crippen LogP contribution is 2.17. The normalized spacial score (nSPS) is 12.2. The fourth-order valence-electron chi connectivity index (χ4n) is 8.83. The van der Waals surface area contributed by atoms with Crippen molar-refractivity contribution in [2.75, 3.05) is 13.2 Å². The van der Waals surface area contributed by atoms with Gasteiger partial charge in [0.1, 0.15) is 13.2 Å². The summed E-state index contributed by atoms with van der Waals surface area (Å²) in [5.41, 5.74) is 0. The van der Waals surface area contributed by atoms with Crippen LogP contribution in [0.3, 0.4) is 0 Å².